The molecule has 1 aromatic rings. The first-order valence-corrected chi connectivity index (χ1v) is 8.16. The summed E-state index contributed by atoms with van der Waals surface area (Å²) in [6.45, 7) is 2.42. The second kappa shape index (κ2) is 7.34. The highest BCUT2D eigenvalue weighted by atomic mass is 35.5. The molecule has 0 saturated carbocycles. The van der Waals surface area contributed by atoms with Crippen LogP contribution in [0.1, 0.15) is 31.7 Å². The van der Waals surface area contributed by atoms with Crippen molar-refractivity contribution < 1.29 is 9.59 Å². The third-order valence-electron chi connectivity index (χ3n) is 4.23. The summed E-state index contributed by atoms with van der Waals surface area (Å²) in [6.07, 6.45) is 2.47. The van der Waals surface area contributed by atoms with Crippen LogP contribution in [-0.2, 0) is 16.0 Å². The van der Waals surface area contributed by atoms with Crippen molar-refractivity contribution in [3.63, 3.8) is 0 Å². The number of primary amides is 1. The molecule has 1 fully saturated rings. The van der Waals surface area contributed by atoms with Crippen molar-refractivity contribution in [2.45, 2.75) is 38.6 Å². The fraction of sp³-hybridized carbons (Fsp3) is 0.500. The Kier molecular flexibility index (Phi) is 5.70. The number of nitrogens with zero attached hydrogens (tertiary/aromatic N) is 1. The number of hydrogen-bond acceptors (Lipinski definition) is 2. The van der Waals surface area contributed by atoms with Crippen LogP contribution in [0.5, 0.6) is 0 Å². The molecule has 2 N–H and O–H groups in total. The van der Waals surface area contributed by atoms with Gasteiger partial charge < -0.3 is 10.6 Å². The van der Waals surface area contributed by atoms with Crippen molar-refractivity contribution in [3.8, 4) is 0 Å². The van der Waals surface area contributed by atoms with Crippen molar-refractivity contribution in [2.75, 3.05) is 6.54 Å². The first-order valence-electron chi connectivity index (χ1n) is 7.41. The molecular weight excluding hydrogens is 323 g/mol. The van der Waals surface area contributed by atoms with E-state index in [4.69, 9.17) is 28.9 Å². The quantitative estimate of drug-likeness (QED) is 0.913. The van der Waals surface area contributed by atoms with Gasteiger partial charge in [0.05, 0.1) is 5.92 Å². The Bertz CT molecular complexity index is 577. The van der Waals surface area contributed by atoms with E-state index >= 15 is 0 Å². The highest BCUT2D eigenvalue weighted by Crippen LogP contribution is 2.25. The summed E-state index contributed by atoms with van der Waals surface area (Å²) in [5.74, 6) is -0.533. The lowest BCUT2D eigenvalue weighted by Gasteiger charge is -2.37. The molecule has 1 aromatic carbocycles. The molecular formula is C16H20Cl2N2O2. The third-order valence-corrected chi connectivity index (χ3v) is 4.82. The largest absolute Gasteiger partial charge is 0.369 e. The predicted molar refractivity (Wildman–Crippen MR) is 87.9 cm³/mol. The zero-order chi connectivity index (χ0) is 16.3. The first-order chi connectivity index (χ1) is 10.4. The average Bonchev–Trinajstić information content (AvgIpc) is 2.46. The van der Waals surface area contributed by atoms with Gasteiger partial charge in [0.15, 0.2) is 0 Å². The van der Waals surface area contributed by atoms with Crippen LogP contribution in [0.3, 0.4) is 0 Å². The van der Waals surface area contributed by atoms with Gasteiger partial charge in [-0.3, -0.25) is 9.59 Å². The molecule has 1 aliphatic heterocycles. The second-order valence-electron chi connectivity index (χ2n) is 5.81. The van der Waals surface area contributed by atoms with Crippen LogP contribution in [0.15, 0.2) is 18.2 Å². The van der Waals surface area contributed by atoms with Crippen LogP contribution in [-0.4, -0.2) is 29.3 Å². The minimum atomic E-state index is -0.328. The van der Waals surface area contributed by atoms with Crippen molar-refractivity contribution in [2.24, 2.45) is 11.7 Å². The Morgan fingerprint density at radius 3 is 2.68 bits per heavy atom. The number of halogens is 2. The molecule has 2 atom stereocenters. The average molecular weight is 343 g/mol. The highest BCUT2D eigenvalue weighted by molar-refractivity contribution is 6.35. The number of carbonyl (C=O) groups excluding carboxylic acids is 2. The molecule has 120 valence electrons. The van der Waals surface area contributed by atoms with Gasteiger partial charge in [-0.15, -0.1) is 0 Å². The van der Waals surface area contributed by atoms with E-state index in [2.05, 4.69) is 0 Å². The number of piperidine rings is 1. The minimum absolute atomic E-state index is 0.0319. The van der Waals surface area contributed by atoms with Gasteiger partial charge in [-0.05, 0) is 43.9 Å². The molecule has 2 amide bonds. The predicted octanol–water partition coefficient (Wildman–Crippen LogP) is 3.04. The molecule has 1 aliphatic rings. The number of rotatable bonds is 4. The molecule has 22 heavy (non-hydrogen) atoms. The molecule has 0 aliphatic carbocycles. The summed E-state index contributed by atoms with van der Waals surface area (Å²) in [7, 11) is 0. The lowest BCUT2D eigenvalue weighted by Crippen LogP contribution is -2.48. The maximum atomic E-state index is 12.4. The van der Waals surface area contributed by atoms with Crippen LogP contribution < -0.4 is 5.73 Å². The summed E-state index contributed by atoms with van der Waals surface area (Å²) in [5.41, 5.74) is 6.27. The third kappa shape index (κ3) is 4.14. The molecule has 0 spiro atoms. The van der Waals surface area contributed by atoms with E-state index in [9.17, 15) is 9.59 Å². The van der Waals surface area contributed by atoms with Crippen molar-refractivity contribution in [1.29, 1.82) is 0 Å². The van der Waals surface area contributed by atoms with E-state index in [1.54, 1.807) is 17.0 Å². The number of amides is 2. The number of likely N-dealkylation sites (tertiary alicyclic amines) is 1. The second-order valence-corrected chi connectivity index (χ2v) is 6.65. The summed E-state index contributed by atoms with van der Waals surface area (Å²) >= 11 is 12.0. The maximum Gasteiger partial charge on any atom is 0.223 e. The molecule has 6 heteroatoms. The molecule has 4 nitrogen and oxygen atoms in total. The monoisotopic (exact) mass is 342 g/mol. The van der Waals surface area contributed by atoms with Crippen molar-refractivity contribution in [3.05, 3.63) is 33.8 Å². The Hall–Kier alpha value is -1.26. The van der Waals surface area contributed by atoms with Gasteiger partial charge in [-0.1, -0.05) is 29.3 Å². The Morgan fingerprint density at radius 1 is 1.32 bits per heavy atom. The summed E-state index contributed by atoms with van der Waals surface area (Å²) in [5, 5.41) is 1.15. The molecule has 1 heterocycles. The van der Waals surface area contributed by atoms with E-state index in [0.717, 1.165) is 18.4 Å². The van der Waals surface area contributed by atoms with Gasteiger partial charge in [0.2, 0.25) is 11.8 Å². The SMILES string of the molecule is C[C@@H]1CC[C@@H](C(N)=O)CN1C(=O)CCc1ccc(Cl)cc1Cl. The van der Waals surface area contributed by atoms with Crippen LogP contribution in [0.25, 0.3) is 0 Å². The number of carbonyl (C=O) groups is 2. The Balaban J connectivity index is 1.97. The van der Waals surface area contributed by atoms with Crippen molar-refractivity contribution in [1.82, 2.24) is 4.90 Å². The lowest BCUT2D eigenvalue weighted by molar-refractivity contribution is -0.137. The fourth-order valence-electron chi connectivity index (χ4n) is 2.80. The van der Waals surface area contributed by atoms with Crippen LogP contribution in [0, 0.1) is 5.92 Å². The normalized spacial score (nSPS) is 21.7. The molecule has 2 rings (SSSR count). The van der Waals surface area contributed by atoms with Gasteiger partial charge in [-0.25, -0.2) is 0 Å². The zero-order valence-corrected chi connectivity index (χ0v) is 14.0. The minimum Gasteiger partial charge on any atom is -0.369 e. The summed E-state index contributed by atoms with van der Waals surface area (Å²) in [4.78, 5) is 25.5. The van der Waals surface area contributed by atoms with Crippen LogP contribution >= 0.6 is 23.2 Å². The molecule has 1 saturated heterocycles. The number of aryl methyl sites for hydroxylation is 1. The number of nitrogens with two attached hydrogens (primary N) is 1. The number of benzene rings is 1. The van der Waals surface area contributed by atoms with Crippen LogP contribution in [0.4, 0.5) is 0 Å². The Labute approximate surface area is 140 Å². The molecule has 0 aromatic heterocycles. The van der Waals surface area contributed by atoms with Crippen LogP contribution in [0.2, 0.25) is 10.0 Å². The lowest BCUT2D eigenvalue weighted by atomic mass is 9.92. The topological polar surface area (TPSA) is 63.4 Å². The fourth-order valence-corrected chi connectivity index (χ4v) is 3.30. The van der Waals surface area contributed by atoms with E-state index in [1.165, 1.54) is 0 Å². The molecule has 0 bridgehead atoms. The van der Waals surface area contributed by atoms with E-state index in [-0.39, 0.29) is 23.8 Å². The standard InChI is InChI=1S/C16H20Cl2N2O2/c1-10-2-3-12(16(19)22)9-20(10)15(21)7-5-11-4-6-13(17)8-14(11)18/h4,6,8,10,12H,2-3,5,7,9H2,1H3,(H2,19,22)/t10-,12-/m1/s1. The molecule has 0 radical (unpaired) electrons. The van der Waals surface area contributed by atoms with Gasteiger partial charge in [-0.2, -0.15) is 0 Å². The van der Waals surface area contributed by atoms with Gasteiger partial charge in [0.1, 0.15) is 0 Å². The summed E-state index contributed by atoms with van der Waals surface area (Å²) < 4.78 is 0. The maximum absolute atomic E-state index is 12.4. The highest BCUT2D eigenvalue weighted by Gasteiger charge is 2.31. The number of hydrogen-bond donors (Lipinski definition) is 1. The van der Waals surface area contributed by atoms with E-state index < -0.39 is 0 Å². The van der Waals surface area contributed by atoms with Gasteiger partial charge in [0.25, 0.3) is 0 Å². The van der Waals surface area contributed by atoms with Gasteiger partial charge >= 0.3 is 0 Å². The van der Waals surface area contributed by atoms with E-state index in [1.807, 2.05) is 13.0 Å². The van der Waals surface area contributed by atoms with Gasteiger partial charge in [0, 0.05) is 29.1 Å². The zero-order valence-electron chi connectivity index (χ0n) is 12.5. The summed E-state index contributed by atoms with van der Waals surface area (Å²) in [6, 6.07) is 5.42. The molecule has 0 unspecified atom stereocenters. The Morgan fingerprint density at radius 2 is 2.05 bits per heavy atom. The smallest absolute Gasteiger partial charge is 0.223 e. The first kappa shape index (κ1) is 17.1. The van der Waals surface area contributed by atoms with Crippen molar-refractivity contribution >= 4 is 35.0 Å². The van der Waals surface area contributed by atoms with E-state index in [0.29, 0.717) is 29.4 Å².